The van der Waals surface area contributed by atoms with Gasteiger partial charge in [0.1, 0.15) is 0 Å². The molecule has 0 bridgehead atoms. The van der Waals surface area contributed by atoms with Crippen molar-refractivity contribution >= 4 is 28.9 Å². The number of benzene rings is 1. The summed E-state index contributed by atoms with van der Waals surface area (Å²) < 4.78 is 0. The Morgan fingerprint density at radius 1 is 1.28 bits per heavy atom. The van der Waals surface area contributed by atoms with Crippen LogP contribution in [0, 0.1) is 0 Å². The summed E-state index contributed by atoms with van der Waals surface area (Å²) in [6.07, 6.45) is 3.34. The summed E-state index contributed by atoms with van der Waals surface area (Å²) in [7, 11) is 0. The molecule has 0 atom stereocenters. The first-order valence-electron chi connectivity index (χ1n) is 6.36. The number of carbonyl (C=O) groups is 1. The lowest BCUT2D eigenvalue weighted by molar-refractivity contribution is -0.119. The minimum absolute atomic E-state index is 0.0247. The van der Waals surface area contributed by atoms with Gasteiger partial charge < -0.3 is 10.6 Å². The van der Waals surface area contributed by atoms with Gasteiger partial charge in [-0.25, -0.2) is 0 Å². The summed E-state index contributed by atoms with van der Waals surface area (Å²) in [5, 5.41) is 6.14. The average molecular weight is 264 g/mol. The van der Waals surface area contributed by atoms with Crippen LogP contribution in [-0.4, -0.2) is 11.0 Å². The minimum Gasteiger partial charge on any atom is -0.332 e. The van der Waals surface area contributed by atoms with E-state index in [2.05, 4.69) is 24.5 Å². The molecule has 1 amide bonds. The molecule has 1 rings (SSSR count). The molecule has 0 aliphatic heterocycles. The fourth-order valence-electron chi connectivity index (χ4n) is 1.63. The summed E-state index contributed by atoms with van der Waals surface area (Å²) >= 11 is 5.13. The highest BCUT2D eigenvalue weighted by Gasteiger charge is 2.05. The number of para-hydroxylation sites is 1. The molecular weight excluding hydrogens is 244 g/mol. The average Bonchev–Trinajstić information content (AvgIpc) is 2.36. The van der Waals surface area contributed by atoms with E-state index in [0.717, 1.165) is 24.9 Å². The van der Waals surface area contributed by atoms with E-state index >= 15 is 0 Å². The van der Waals surface area contributed by atoms with Crippen LogP contribution in [0.4, 0.5) is 5.69 Å². The molecule has 0 aliphatic carbocycles. The Balaban J connectivity index is 2.51. The number of anilines is 1. The van der Waals surface area contributed by atoms with Crippen LogP contribution >= 0.6 is 12.2 Å². The number of aryl methyl sites for hydroxylation is 1. The standard InChI is InChI=1S/C14H20N2OS/c1-3-5-10-13(17)16-14(18)15-12-9-7-6-8-11(12)4-2/h6-9H,3-5,10H2,1-2H3,(H2,15,16,17,18). The first kappa shape index (κ1) is 14.6. The third-order valence-electron chi connectivity index (χ3n) is 2.66. The van der Waals surface area contributed by atoms with Crippen molar-refractivity contribution in [2.45, 2.75) is 39.5 Å². The van der Waals surface area contributed by atoms with Crippen molar-refractivity contribution in [2.24, 2.45) is 0 Å². The number of thiocarbonyl (C=S) groups is 1. The molecule has 0 heterocycles. The largest absolute Gasteiger partial charge is 0.332 e. The van der Waals surface area contributed by atoms with E-state index in [1.165, 1.54) is 5.56 Å². The van der Waals surface area contributed by atoms with Crippen molar-refractivity contribution in [3.8, 4) is 0 Å². The Morgan fingerprint density at radius 3 is 2.67 bits per heavy atom. The Hall–Kier alpha value is -1.42. The van der Waals surface area contributed by atoms with Gasteiger partial charge in [0, 0.05) is 12.1 Å². The van der Waals surface area contributed by atoms with Crippen LogP contribution in [0.25, 0.3) is 0 Å². The number of carbonyl (C=O) groups excluding carboxylic acids is 1. The molecule has 98 valence electrons. The van der Waals surface area contributed by atoms with Gasteiger partial charge in [-0.2, -0.15) is 0 Å². The van der Waals surface area contributed by atoms with Gasteiger partial charge in [0.05, 0.1) is 0 Å². The molecule has 0 radical (unpaired) electrons. The molecule has 18 heavy (non-hydrogen) atoms. The lowest BCUT2D eigenvalue weighted by Gasteiger charge is -2.12. The zero-order chi connectivity index (χ0) is 13.4. The van der Waals surface area contributed by atoms with E-state index in [1.807, 2.05) is 24.3 Å². The fraction of sp³-hybridized carbons (Fsp3) is 0.429. The second-order valence-corrected chi connectivity index (χ2v) is 4.52. The molecule has 3 nitrogen and oxygen atoms in total. The van der Waals surface area contributed by atoms with Crippen molar-refractivity contribution in [3.05, 3.63) is 29.8 Å². The molecule has 0 aliphatic rings. The van der Waals surface area contributed by atoms with Gasteiger partial charge in [-0.05, 0) is 36.7 Å². The van der Waals surface area contributed by atoms with Crippen LogP contribution < -0.4 is 10.6 Å². The van der Waals surface area contributed by atoms with E-state index in [1.54, 1.807) is 0 Å². The number of amides is 1. The van der Waals surface area contributed by atoms with Crippen LogP contribution in [0.3, 0.4) is 0 Å². The molecular formula is C14H20N2OS. The van der Waals surface area contributed by atoms with Gasteiger partial charge in [0.15, 0.2) is 5.11 Å². The second-order valence-electron chi connectivity index (χ2n) is 4.12. The number of hydrogen-bond donors (Lipinski definition) is 2. The molecule has 0 unspecified atom stereocenters. The number of rotatable bonds is 5. The van der Waals surface area contributed by atoms with Crippen LogP contribution in [0.15, 0.2) is 24.3 Å². The molecule has 2 N–H and O–H groups in total. The first-order valence-corrected chi connectivity index (χ1v) is 6.77. The maximum Gasteiger partial charge on any atom is 0.226 e. The molecule has 0 saturated carbocycles. The van der Waals surface area contributed by atoms with Crippen LogP contribution in [0.2, 0.25) is 0 Å². The number of hydrogen-bond acceptors (Lipinski definition) is 2. The topological polar surface area (TPSA) is 41.1 Å². The third-order valence-corrected chi connectivity index (χ3v) is 2.86. The summed E-state index contributed by atoms with van der Waals surface area (Å²) in [5.74, 6) is -0.0247. The van der Waals surface area contributed by atoms with Crippen molar-refractivity contribution in [1.29, 1.82) is 0 Å². The van der Waals surface area contributed by atoms with Crippen molar-refractivity contribution in [3.63, 3.8) is 0 Å². The van der Waals surface area contributed by atoms with Crippen molar-refractivity contribution in [1.82, 2.24) is 5.32 Å². The second kappa shape index (κ2) is 7.82. The van der Waals surface area contributed by atoms with E-state index < -0.39 is 0 Å². The van der Waals surface area contributed by atoms with Gasteiger partial charge in [-0.3, -0.25) is 4.79 Å². The van der Waals surface area contributed by atoms with Crippen LogP contribution in [-0.2, 0) is 11.2 Å². The minimum atomic E-state index is -0.0247. The maximum atomic E-state index is 11.5. The quantitative estimate of drug-likeness (QED) is 0.802. The maximum absolute atomic E-state index is 11.5. The van der Waals surface area contributed by atoms with Crippen LogP contribution in [0.1, 0.15) is 38.7 Å². The highest BCUT2D eigenvalue weighted by Crippen LogP contribution is 2.15. The molecule has 0 aromatic heterocycles. The number of unbranched alkanes of at least 4 members (excludes halogenated alkanes) is 1. The van der Waals surface area contributed by atoms with Gasteiger partial charge in [0.25, 0.3) is 0 Å². The van der Waals surface area contributed by atoms with E-state index in [9.17, 15) is 4.79 Å². The molecule has 1 aromatic rings. The van der Waals surface area contributed by atoms with E-state index in [-0.39, 0.29) is 5.91 Å². The molecule has 4 heteroatoms. The first-order chi connectivity index (χ1) is 8.67. The zero-order valence-corrected chi connectivity index (χ0v) is 11.8. The SMILES string of the molecule is CCCCC(=O)NC(=S)Nc1ccccc1CC. The zero-order valence-electron chi connectivity index (χ0n) is 11.0. The van der Waals surface area contributed by atoms with Crippen LogP contribution in [0.5, 0.6) is 0 Å². The van der Waals surface area contributed by atoms with Crippen molar-refractivity contribution < 1.29 is 4.79 Å². The van der Waals surface area contributed by atoms with Gasteiger partial charge in [0.2, 0.25) is 5.91 Å². The van der Waals surface area contributed by atoms with E-state index in [4.69, 9.17) is 12.2 Å². The predicted octanol–water partition coefficient (Wildman–Crippen LogP) is 3.25. The summed E-state index contributed by atoms with van der Waals surface area (Å²) in [6.45, 7) is 4.14. The summed E-state index contributed by atoms with van der Waals surface area (Å²) in [6, 6.07) is 7.95. The Morgan fingerprint density at radius 2 is 2.00 bits per heavy atom. The summed E-state index contributed by atoms with van der Waals surface area (Å²) in [5.41, 5.74) is 2.14. The highest BCUT2D eigenvalue weighted by atomic mass is 32.1. The lowest BCUT2D eigenvalue weighted by Crippen LogP contribution is -2.34. The lowest BCUT2D eigenvalue weighted by atomic mass is 10.1. The molecule has 1 aromatic carbocycles. The fourth-order valence-corrected chi connectivity index (χ4v) is 1.85. The van der Waals surface area contributed by atoms with E-state index in [0.29, 0.717) is 11.5 Å². The third kappa shape index (κ3) is 4.84. The molecule has 0 fully saturated rings. The monoisotopic (exact) mass is 264 g/mol. The number of nitrogens with one attached hydrogen (secondary N) is 2. The summed E-state index contributed by atoms with van der Waals surface area (Å²) in [4.78, 5) is 11.5. The Labute approximate surface area is 114 Å². The highest BCUT2D eigenvalue weighted by molar-refractivity contribution is 7.80. The smallest absolute Gasteiger partial charge is 0.226 e. The van der Waals surface area contributed by atoms with Crippen molar-refractivity contribution in [2.75, 3.05) is 5.32 Å². The normalized spacial score (nSPS) is 9.89. The Bertz CT molecular complexity index is 418. The van der Waals surface area contributed by atoms with Gasteiger partial charge in [-0.15, -0.1) is 0 Å². The van der Waals surface area contributed by atoms with Gasteiger partial charge >= 0.3 is 0 Å². The molecule has 0 saturated heterocycles. The molecule has 0 spiro atoms. The van der Waals surface area contributed by atoms with Gasteiger partial charge in [-0.1, -0.05) is 38.5 Å². The Kier molecular flexibility index (Phi) is 6.36. The predicted molar refractivity (Wildman–Crippen MR) is 79.7 cm³/mol.